The molecule has 1 saturated heterocycles. The molecule has 9 nitrogen and oxygen atoms in total. The van der Waals surface area contributed by atoms with Gasteiger partial charge in [0.2, 0.25) is 0 Å². The number of nitrogens with one attached hydrogen (secondary N) is 1. The van der Waals surface area contributed by atoms with Gasteiger partial charge in [-0.15, -0.1) is 0 Å². The van der Waals surface area contributed by atoms with E-state index in [1.54, 1.807) is 0 Å². The van der Waals surface area contributed by atoms with Gasteiger partial charge in [0.05, 0.1) is 18.8 Å². The van der Waals surface area contributed by atoms with Gasteiger partial charge in [-0.3, -0.25) is 14.3 Å². The van der Waals surface area contributed by atoms with Crippen LogP contribution in [0, 0.1) is 0 Å². The van der Waals surface area contributed by atoms with Crippen molar-refractivity contribution in [2.24, 2.45) is 5.11 Å². The molecule has 2 heterocycles. The number of aromatic amines is 1. The number of aliphatic hydroxyl groups is 1. The summed E-state index contributed by atoms with van der Waals surface area (Å²) >= 11 is 0. The molecule has 2 N–H and O–H groups in total. The van der Waals surface area contributed by atoms with Gasteiger partial charge in [-0.25, -0.2) is 4.79 Å². The minimum Gasteiger partial charge on any atom is -0.394 e. The third-order valence-corrected chi connectivity index (χ3v) is 2.69. The highest BCUT2D eigenvalue weighted by Crippen LogP contribution is 2.29. The molecule has 1 aromatic rings. The monoisotopic (exact) mass is 253 g/mol. The maximum absolute atomic E-state index is 11.6. The maximum atomic E-state index is 11.6. The molecule has 0 aromatic carbocycles. The molecular formula is C9H11N5O4. The lowest BCUT2D eigenvalue weighted by Gasteiger charge is -2.17. The number of nitrogens with zero attached hydrogens (tertiary/aromatic N) is 4. The van der Waals surface area contributed by atoms with Crippen LogP contribution in [-0.2, 0) is 4.74 Å². The second kappa shape index (κ2) is 5.05. The Morgan fingerprint density at radius 3 is 3.06 bits per heavy atom. The average molecular weight is 253 g/mol. The number of azide groups is 1. The standard InChI is InChI=1S/C9H11N5O4/c10-13-12-6-3-5(4-15)18-8(6)14-2-1-7(16)11-9(14)17/h1-2,5-6,8,15H,3-4H2,(H,11,16,17)/t5-,6+,8+/m1/s1. The van der Waals surface area contributed by atoms with Crippen LogP contribution in [0.25, 0.3) is 10.4 Å². The van der Waals surface area contributed by atoms with Crippen LogP contribution in [0.15, 0.2) is 27.0 Å². The predicted molar refractivity (Wildman–Crippen MR) is 59.9 cm³/mol. The quantitative estimate of drug-likeness (QED) is 0.426. The number of aliphatic hydroxyl groups excluding tert-OH is 1. The SMILES string of the molecule is [N-]=[N+]=N[C@H]1C[C@H](CO)O[C@@H]1n1ccc(=O)[nH]c1=O. The van der Waals surface area contributed by atoms with Crippen LogP contribution in [0.4, 0.5) is 0 Å². The van der Waals surface area contributed by atoms with E-state index >= 15 is 0 Å². The molecule has 0 unspecified atom stereocenters. The maximum Gasteiger partial charge on any atom is 0.330 e. The lowest BCUT2D eigenvalue weighted by Crippen LogP contribution is -2.34. The Morgan fingerprint density at radius 1 is 1.67 bits per heavy atom. The minimum absolute atomic E-state index is 0.230. The number of aromatic nitrogens is 2. The fourth-order valence-corrected chi connectivity index (χ4v) is 1.90. The molecule has 0 radical (unpaired) electrons. The highest BCUT2D eigenvalue weighted by atomic mass is 16.5. The molecule has 0 spiro atoms. The molecule has 2 rings (SSSR count). The minimum atomic E-state index is -0.817. The van der Waals surface area contributed by atoms with Crippen molar-refractivity contribution in [3.05, 3.63) is 43.5 Å². The van der Waals surface area contributed by atoms with Crippen LogP contribution in [-0.4, -0.2) is 33.4 Å². The van der Waals surface area contributed by atoms with Crippen molar-refractivity contribution in [3.63, 3.8) is 0 Å². The summed E-state index contributed by atoms with van der Waals surface area (Å²) in [6.07, 6.45) is 0.272. The summed E-state index contributed by atoms with van der Waals surface area (Å²) in [5.74, 6) is 0. The van der Waals surface area contributed by atoms with Gasteiger partial charge in [0.1, 0.15) is 6.23 Å². The van der Waals surface area contributed by atoms with Crippen LogP contribution >= 0.6 is 0 Å². The molecule has 1 fully saturated rings. The van der Waals surface area contributed by atoms with Gasteiger partial charge in [0.15, 0.2) is 0 Å². The first-order valence-corrected chi connectivity index (χ1v) is 5.27. The van der Waals surface area contributed by atoms with Crippen LogP contribution < -0.4 is 11.2 Å². The Labute approximate surface area is 100 Å². The van der Waals surface area contributed by atoms with Crippen LogP contribution in [0.5, 0.6) is 0 Å². The van der Waals surface area contributed by atoms with E-state index in [1.165, 1.54) is 12.3 Å². The molecule has 96 valence electrons. The molecule has 18 heavy (non-hydrogen) atoms. The summed E-state index contributed by atoms with van der Waals surface area (Å²) in [6.45, 7) is -0.230. The van der Waals surface area contributed by atoms with Gasteiger partial charge in [0, 0.05) is 17.2 Å². The van der Waals surface area contributed by atoms with Gasteiger partial charge in [-0.05, 0) is 12.0 Å². The van der Waals surface area contributed by atoms with Crippen molar-refractivity contribution in [1.82, 2.24) is 9.55 Å². The molecule has 0 bridgehead atoms. The number of rotatable bonds is 3. The normalized spacial score (nSPS) is 26.8. The van der Waals surface area contributed by atoms with Crippen molar-refractivity contribution < 1.29 is 9.84 Å². The van der Waals surface area contributed by atoms with Gasteiger partial charge < -0.3 is 9.84 Å². The molecule has 9 heteroatoms. The van der Waals surface area contributed by atoms with E-state index in [0.29, 0.717) is 6.42 Å². The lowest BCUT2D eigenvalue weighted by atomic mass is 10.2. The van der Waals surface area contributed by atoms with Crippen LogP contribution in [0.3, 0.4) is 0 Å². The summed E-state index contributed by atoms with van der Waals surface area (Å²) in [6, 6.07) is 0.570. The Bertz CT molecular complexity index is 587. The number of hydrogen-bond donors (Lipinski definition) is 2. The van der Waals surface area contributed by atoms with Crippen molar-refractivity contribution >= 4 is 0 Å². The molecule has 0 saturated carbocycles. The van der Waals surface area contributed by atoms with E-state index in [2.05, 4.69) is 15.0 Å². The Balaban J connectivity index is 2.38. The molecule has 1 aromatic heterocycles. The summed E-state index contributed by atoms with van der Waals surface area (Å²) in [5.41, 5.74) is 7.29. The topological polar surface area (TPSA) is 133 Å². The second-order valence-electron chi connectivity index (χ2n) is 3.86. The molecule has 1 aliphatic heterocycles. The fraction of sp³-hybridized carbons (Fsp3) is 0.556. The Morgan fingerprint density at radius 2 is 2.44 bits per heavy atom. The molecular weight excluding hydrogens is 242 g/mol. The van der Waals surface area contributed by atoms with Crippen molar-refractivity contribution in [2.75, 3.05) is 6.61 Å². The van der Waals surface area contributed by atoms with Crippen molar-refractivity contribution in [2.45, 2.75) is 24.8 Å². The largest absolute Gasteiger partial charge is 0.394 e. The summed E-state index contributed by atoms with van der Waals surface area (Å²) in [7, 11) is 0. The number of hydrogen-bond acceptors (Lipinski definition) is 5. The number of H-pyrrole nitrogens is 1. The summed E-state index contributed by atoms with van der Waals surface area (Å²) in [5, 5.41) is 12.6. The molecule has 3 atom stereocenters. The zero-order valence-corrected chi connectivity index (χ0v) is 9.26. The van der Waals surface area contributed by atoms with E-state index in [4.69, 9.17) is 15.4 Å². The molecule has 0 aliphatic carbocycles. The molecule has 1 aliphatic rings. The number of ether oxygens (including phenoxy) is 1. The van der Waals surface area contributed by atoms with Gasteiger partial charge >= 0.3 is 5.69 Å². The first-order chi connectivity index (χ1) is 8.65. The third-order valence-electron chi connectivity index (χ3n) is 2.69. The second-order valence-corrected chi connectivity index (χ2v) is 3.86. The van der Waals surface area contributed by atoms with Crippen molar-refractivity contribution in [1.29, 1.82) is 0 Å². The van der Waals surface area contributed by atoms with Gasteiger partial charge in [-0.2, -0.15) is 0 Å². The van der Waals surface area contributed by atoms with Crippen LogP contribution in [0.1, 0.15) is 12.6 Å². The predicted octanol–water partition coefficient (Wildman–Crippen LogP) is -0.505. The first-order valence-electron chi connectivity index (χ1n) is 5.27. The van der Waals surface area contributed by atoms with E-state index in [0.717, 1.165) is 4.57 Å². The zero-order chi connectivity index (χ0) is 13.1. The van der Waals surface area contributed by atoms with Gasteiger partial charge in [0.25, 0.3) is 5.56 Å². The third kappa shape index (κ3) is 2.28. The van der Waals surface area contributed by atoms with E-state index < -0.39 is 29.6 Å². The highest BCUT2D eigenvalue weighted by molar-refractivity contribution is 4.91. The summed E-state index contributed by atoms with van der Waals surface area (Å²) in [4.78, 5) is 27.3. The van der Waals surface area contributed by atoms with Crippen molar-refractivity contribution in [3.8, 4) is 0 Å². The zero-order valence-electron chi connectivity index (χ0n) is 9.26. The van der Waals surface area contributed by atoms with E-state index in [-0.39, 0.29) is 6.61 Å². The lowest BCUT2D eigenvalue weighted by molar-refractivity contribution is -0.0279. The summed E-state index contributed by atoms with van der Waals surface area (Å²) < 4.78 is 6.54. The highest BCUT2D eigenvalue weighted by Gasteiger charge is 2.36. The van der Waals surface area contributed by atoms with Crippen LogP contribution in [0.2, 0.25) is 0 Å². The van der Waals surface area contributed by atoms with Gasteiger partial charge in [-0.1, -0.05) is 5.11 Å². The smallest absolute Gasteiger partial charge is 0.330 e. The Kier molecular flexibility index (Phi) is 3.47. The van der Waals surface area contributed by atoms with E-state index in [9.17, 15) is 9.59 Å². The average Bonchev–Trinajstić information content (AvgIpc) is 2.73. The first kappa shape index (κ1) is 12.4. The molecule has 0 amide bonds. The Hall–Kier alpha value is -2.09. The fourth-order valence-electron chi connectivity index (χ4n) is 1.90. The van der Waals surface area contributed by atoms with E-state index in [1.807, 2.05) is 0 Å².